The summed E-state index contributed by atoms with van der Waals surface area (Å²) in [5, 5.41) is 48.5. The number of nitrogens with one attached hydrogen (secondary N) is 1. The number of aliphatic hydroxyl groups is 2. The molecule has 9 N–H and O–H groups in total. The number of hydrogen-bond donors (Lipinski definition) is 7. The number of nitrogens with zero attached hydrogens (tertiary/aromatic N) is 2. The Hall–Kier alpha value is -5.96. The minimum absolute atomic E-state index is 0.0143. The Balaban J connectivity index is 1.43. The number of nitrogen functional groups attached to an aromatic ring is 2. The molecule has 0 fully saturated rings. The van der Waals surface area contributed by atoms with Gasteiger partial charge in [-0.05, 0) is 130 Å². The molecule has 4 aliphatic rings. The molecule has 0 spiro atoms. The van der Waals surface area contributed by atoms with E-state index in [4.69, 9.17) is 30.3 Å². The number of aromatic hydroxyl groups is 2. The zero-order chi connectivity index (χ0) is 43.6. The zero-order valence-corrected chi connectivity index (χ0v) is 35.1. The maximum absolute atomic E-state index is 14.3. The van der Waals surface area contributed by atoms with E-state index >= 15 is 0 Å². The smallest absolute Gasteiger partial charge is 0.334 e. The molecule has 324 valence electrons. The van der Waals surface area contributed by atoms with Gasteiger partial charge < -0.3 is 51.1 Å². The zero-order valence-electron chi connectivity index (χ0n) is 35.1. The highest BCUT2D eigenvalue weighted by atomic mass is 16.6. The number of rotatable bonds is 7. The van der Waals surface area contributed by atoms with E-state index in [1.807, 2.05) is 38.4 Å². The first-order valence-electron chi connectivity index (χ1n) is 21.5. The van der Waals surface area contributed by atoms with Gasteiger partial charge in [-0.15, -0.1) is 0 Å². The van der Waals surface area contributed by atoms with E-state index in [-0.39, 0.29) is 52.0 Å². The molecular formula is C48H53N5O9. The number of benzene rings is 2. The number of aliphatic hydroxyl groups excluding tert-OH is 2. The Morgan fingerprint density at radius 1 is 1.02 bits per heavy atom. The molecule has 7 atom stereocenters. The van der Waals surface area contributed by atoms with Gasteiger partial charge in [0.2, 0.25) is 0 Å². The van der Waals surface area contributed by atoms with Crippen molar-refractivity contribution >= 4 is 28.6 Å². The number of allylic oxidation sites excluding steroid dienone is 1. The summed E-state index contributed by atoms with van der Waals surface area (Å²) in [6, 6.07) is 10.2. The second-order valence-electron chi connectivity index (χ2n) is 17.4. The lowest BCUT2D eigenvalue weighted by atomic mass is 9.62. The summed E-state index contributed by atoms with van der Waals surface area (Å²) < 4.78 is 20.7. The summed E-state index contributed by atoms with van der Waals surface area (Å²) in [7, 11) is 1.81. The molecule has 14 nitrogen and oxygen atoms in total. The van der Waals surface area contributed by atoms with Gasteiger partial charge in [0.1, 0.15) is 63.9 Å². The van der Waals surface area contributed by atoms with E-state index in [0.717, 1.165) is 33.9 Å². The summed E-state index contributed by atoms with van der Waals surface area (Å²) in [6.45, 7) is 3.28. The third-order valence-electron chi connectivity index (χ3n) is 14.3. The maximum atomic E-state index is 14.3. The molecule has 2 aromatic carbocycles. The van der Waals surface area contributed by atoms with Crippen LogP contribution in [-0.2, 0) is 41.8 Å². The van der Waals surface area contributed by atoms with E-state index in [1.54, 1.807) is 31.3 Å². The van der Waals surface area contributed by atoms with Gasteiger partial charge in [-0.25, -0.2) is 14.8 Å². The fourth-order valence-electron chi connectivity index (χ4n) is 11.3. The molecule has 5 aromatic rings. The number of carbonyl (C=O) groups excluding carboxylic acids is 1. The molecule has 0 saturated carbocycles. The molecule has 2 aliphatic heterocycles. The predicted molar refractivity (Wildman–Crippen MR) is 232 cm³/mol. The van der Waals surface area contributed by atoms with Crippen molar-refractivity contribution in [3.8, 4) is 17.2 Å². The van der Waals surface area contributed by atoms with Gasteiger partial charge >= 0.3 is 5.97 Å². The Morgan fingerprint density at radius 2 is 1.82 bits per heavy atom. The number of phenolic OH excluding ortho intramolecular Hbond substituents is 2. The van der Waals surface area contributed by atoms with Crippen LogP contribution < -0.4 is 26.9 Å². The van der Waals surface area contributed by atoms with E-state index in [9.17, 15) is 30.0 Å². The number of anilines is 2. The fraction of sp³-hybridized carbons (Fsp3) is 0.417. The summed E-state index contributed by atoms with van der Waals surface area (Å²) in [4.78, 5) is 37.8. The molecule has 62 heavy (non-hydrogen) atoms. The van der Waals surface area contributed by atoms with E-state index in [0.29, 0.717) is 73.4 Å². The van der Waals surface area contributed by atoms with Crippen molar-refractivity contribution < 1.29 is 39.1 Å². The first-order valence-corrected chi connectivity index (χ1v) is 21.5. The minimum Gasteiger partial charge on any atom is -0.508 e. The first kappa shape index (κ1) is 41.4. The first-order chi connectivity index (χ1) is 29.9. The quantitative estimate of drug-likeness (QED) is 0.0826. The standard InChI is InChI=1S/C48H53N5O9/c1-4-23(11-13-51-3)47(59)61-37-19-33-43(58)41-36(57)18-28(21-54)60-45(41)42-39-31-12-14-52-46(50)40(31)30(10-6-24-5-8-27(56)17-32(24)34(39)22-55)29-9-7-25-16-38(49)53-20-26(25)15-35(29)48(37,2)62-44(33)42/h4-5,8,12,14,16-18,20,29-30,34-35,37,39,51,54-56,58H,6-7,9-11,13,15,19,21-22H2,1-3H3,(H2,49,53)(H2,50,52). The average Bonchev–Trinajstić information content (AvgIpc) is 3.41. The Bertz CT molecular complexity index is 2700. The third-order valence-corrected chi connectivity index (χ3v) is 14.3. The third kappa shape index (κ3) is 6.66. The van der Waals surface area contributed by atoms with Crippen LogP contribution in [0.25, 0.3) is 11.0 Å². The summed E-state index contributed by atoms with van der Waals surface area (Å²) in [5.74, 6) is -2.53. The normalized spacial score (nSPS) is 25.1. The van der Waals surface area contributed by atoms with E-state index < -0.39 is 59.8 Å². The molecule has 9 rings (SSSR count). The lowest BCUT2D eigenvalue weighted by Gasteiger charge is -2.51. The van der Waals surface area contributed by atoms with Crippen LogP contribution in [0.1, 0.15) is 101 Å². The number of nitrogens with two attached hydrogens (primary N) is 2. The number of aryl methyl sites for hydroxylation is 2. The summed E-state index contributed by atoms with van der Waals surface area (Å²) >= 11 is 0. The number of hydrogen-bond acceptors (Lipinski definition) is 14. The number of pyridine rings is 2. The topological polar surface area (TPSA) is 237 Å². The van der Waals surface area contributed by atoms with Crippen molar-refractivity contribution in [2.45, 2.75) is 94.9 Å². The lowest BCUT2D eigenvalue weighted by molar-refractivity contribution is -0.168. The van der Waals surface area contributed by atoms with Crippen molar-refractivity contribution in [3.05, 3.63) is 121 Å². The van der Waals surface area contributed by atoms with Crippen LogP contribution >= 0.6 is 0 Å². The Labute approximate surface area is 358 Å². The van der Waals surface area contributed by atoms with Crippen molar-refractivity contribution in [2.75, 3.05) is 31.7 Å². The van der Waals surface area contributed by atoms with Crippen molar-refractivity contribution in [3.63, 3.8) is 0 Å². The summed E-state index contributed by atoms with van der Waals surface area (Å²) in [6.07, 6.45) is 7.52. The molecule has 0 amide bonds. The van der Waals surface area contributed by atoms with Gasteiger partial charge in [-0.2, -0.15) is 0 Å². The number of carbonyl (C=O) groups is 1. The molecule has 7 unspecified atom stereocenters. The molecule has 3 aromatic heterocycles. The molecule has 0 radical (unpaired) electrons. The molecule has 2 aliphatic carbocycles. The van der Waals surface area contributed by atoms with Gasteiger partial charge in [0.05, 0.1) is 6.61 Å². The van der Waals surface area contributed by atoms with Crippen LogP contribution in [0.3, 0.4) is 0 Å². The van der Waals surface area contributed by atoms with Crippen LogP contribution in [-0.4, -0.2) is 68.3 Å². The van der Waals surface area contributed by atoms with Crippen molar-refractivity contribution in [1.29, 1.82) is 0 Å². The number of fused-ring (bicyclic) bond motifs is 9. The summed E-state index contributed by atoms with van der Waals surface area (Å²) in [5.41, 5.74) is 17.7. The number of phenols is 2. The lowest BCUT2D eigenvalue weighted by Crippen LogP contribution is -2.59. The molecule has 14 heteroatoms. The Morgan fingerprint density at radius 3 is 2.58 bits per heavy atom. The van der Waals surface area contributed by atoms with Gasteiger partial charge in [0.25, 0.3) is 0 Å². The molecular weight excluding hydrogens is 791 g/mol. The van der Waals surface area contributed by atoms with Crippen LogP contribution in [0, 0.1) is 11.8 Å². The van der Waals surface area contributed by atoms with Gasteiger partial charge in [-0.1, -0.05) is 12.1 Å². The molecule has 5 heterocycles. The van der Waals surface area contributed by atoms with Gasteiger partial charge in [-0.3, -0.25) is 4.79 Å². The minimum atomic E-state index is -1.31. The highest BCUT2D eigenvalue weighted by molar-refractivity contribution is 5.92. The van der Waals surface area contributed by atoms with Crippen LogP contribution in [0.15, 0.2) is 69.7 Å². The molecule has 4 bridgehead atoms. The predicted octanol–water partition coefficient (Wildman–Crippen LogP) is 5.18. The molecule has 0 saturated heterocycles. The largest absolute Gasteiger partial charge is 0.508 e. The Kier molecular flexibility index (Phi) is 10.7. The van der Waals surface area contributed by atoms with Crippen LogP contribution in [0.4, 0.5) is 11.6 Å². The van der Waals surface area contributed by atoms with E-state index in [2.05, 4.69) is 10.3 Å². The number of ether oxygens (including phenoxy) is 2. The van der Waals surface area contributed by atoms with Gasteiger partial charge in [0.15, 0.2) is 5.43 Å². The van der Waals surface area contributed by atoms with Crippen LogP contribution in [0.2, 0.25) is 0 Å². The maximum Gasteiger partial charge on any atom is 0.334 e. The van der Waals surface area contributed by atoms with Crippen molar-refractivity contribution in [1.82, 2.24) is 15.3 Å². The number of esters is 1. The monoisotopic (exact) mass is 843 g/mol. The highest BCUT2D eigenvalue weighted by Gasteiger charge is 2.57. The van der Waals surface area contributed by atoms with Gasteiger partial charge in [0, 0.05) is 64.9 Å². The number of aromatic nitrogens is 2. The SMILES string of the molecule is CC=C(CCNC)C(=O)OC1Cc2c3c(c4oc(CO)cc(=O)c4c2O)C2c4ccnc(N)c4C(CCc4ccc(O)cc4C2CO)C2CCc4cc(N)ncc4CC2C1(C)O3. The second-order valence-corrected chi connectivity index (χ2v) is 17.4. The fourth-order valence-corrected chi connectivity index (χ4v) is 11.3. The average molecular weight is 844 g/mol. The van der Waals surface area contributed by atoms with Crippen LogP contribution in [0.5, 0.6) is 17.2 Å². The van der Waals surface area contributed by atoms with E-state index in [1.165, 1.54) is 0 Å². The van der Waals surface area contributed by atoms with Crippen molar-refractivity contribution in [2.24, 2.45) is 11.8 Å². The second kappa shape index (κ2) is 16.1. The highest BCUT2D eigenvalue weighted by Crippen LogP contribution is 2.60.